The molecule has 1 aromatic heterocycles. The number of furan rings is 1. The normalized spacial score (nSPS) is 9.94. The van der Waals surface area contributed by atoms with Crippen molar-refractivity contribution >= 4 is 17.8 Å². The van der Waals surface area contributed by atoms with Gasteiger partial charge in [0.15, 0.2) is 0 Å². The Morgan fingerprint density at radius 1 is 1.44 bits per heavy atom. The van der Waals surface area contributed by atoms with Crippen LogP contribution in [0.5, 0.6) is 0 Å². The number of hydrogen-bond donors (Lipinski definition) is 0. The molecule has 0 aliphatic carbocycles. The van der Waals surface area contributed by atoms with Crippen LogP contribution in [-0.2, 0) is 14.3 Å². The molecule has 1 heterocycles. The number of amides is 1. The van der Waals surface area contributed by atoms with Crippen molar-refractivity contribution in [2.24, 2.45) is 0 Å². The number of aryl methyl sites for hydroxylation is 1. The SMILES string of the molecule is CCOC(=O)CC(=O)N(C)c1ccc(C)o1. The van der Waals surface area contributed by atoms with E-state index in [9.17, 15) is 9.59 Å². The molecule has 0 aliphatic rings. The highest BCUT2D eigenvalue weighted by atomic mass is 16.5. The van der Waals surface area contributed by atoms with Crippen molar-refractivity contribution in [2.75, 3.05) is 18.6 Å². The minimum absolute atomic E-state index is 0.273. The van der Waals surface area contributed by atoms with Crippen LogP contribution in [0, 0.1) is 6.92 Å². The van der Waals surface area contributed by atoms with Gasteiger partial charge in [-0.25, -0.2) is 0 Å². The Morgan fingerprint density at radius 2 is 2.12 bits per heavy atom. The number of hydrogen-bond acceptors (Lipinski definition) is 4. The van der Waals surface area contributed by atoms with Gasteiger partial charge in [-0.3, -0.25) is 14.5 Å². The third kappa shape index (κ3) is 3.12. The molecule has 0 saturated heterocycles. The Labute approximate surface area is 94.0 Å². The molecule has 0 atom stereocenters. The fourth-order valence-corrected chi connectivity index (χ4v) is 1.18. The van der Waals surface area contributed by atoms with Gasteiger partial charge in [0.1, 0.15) is 12.2 Å². The van der Waals surface area contributed by atoms with Crippen molar-refractivity contribution < 1.29 is 18.7 Å². The third-order valence-electron chi connectivity index (χ3n) is 2.03. The summed E-state index contributed by atoms with van der Waals surface area (Å²) in [7, 11) is 1.56. The monoisotopic (exact) mass is 225 g/mol. The van der Waals surface area contributed by atoms with Gasteiger partial charge in [0, 0.05) is 13.1 Å². The lowest BCUT2D eigenvalue weighted by Crippen LogP contribution is -2.28. The molecule has 0 aliphatic heterocycles. The molecule has 0 spiro atoms. The van der Waals surface area contributed by atoms with Crippen molar-refractivity contribution in [1.29, 1.82) is 0 Å². The maximum Gasteiger partial charge on any atom is 0.315 e. The molecule has 0 fully saturated rings. The van der Waals surface area contributed by atoms with Crippen molar-refractivity contribution in [3.8, 4) is 0 Å². The second kappa shape index (κ2) is 5.34. The lowest BCUT2D eigenvalue weighted by Gasteiger charge is -2.13. The van der Waals surface area contributed by atoms with Crippen molar-refractivity contribution in [2.45, 2.75) is 20.3 Å². The molecule has 0 aromatic carbocycles. The highest BCUT2D eigenvalue weighted by molar-refractivity contribution is 6.02. The summed E-state index contributed by atoms with van der Waals surface area (Å²) in [5, 5.41) is 0. The van der Waals surface area contributed by atoms with E-state index in [1.165, 1.54) is 4.90 Å². The molecule has 0 N–H and O–H groups in total. The molecule has 0 unspecified atom stereocenters. The van der Waals surface area contributed by atoms with E-state index < -0.39 is 5.97 Å². The molecule has 1 aromatic rings. The molecular formula is C11H15NO4. The van der Waals surface area contributed by atoms with E-state index in [1.807, 2.05) is 0 Å². The molecule has 5 nitrogen and oxygen atoms in total. The summed E-state index contributed by atoms with van der Waals surface area (Å²) in [6.45, 7) is 3.75. The van der Waals surface area contributed by atoms with Gasteiger partial charge < -0.3 is 9.15 Å². The van der Waals surface area contributed by atoms with Gasteiger partial charge in [-0.2, -0.15) is 0 Å². The average Bonchev–Trinajstić information content (AvgIpc) is 2.64. The largest absolute Gasteiger partial charge is 0.466 e. The predicted molar refractivity (Wildman–Crippen MR) is 58.1 cm³/mol. The quantitative estimate of drug-likeness (QED) is 0.575. The number of esters is 1. The highest BCUT2D eigenvalue weighted by Crippen LogP contribution is 2.17. The van der Waals surface area contributed by atoms with E-state index in [0.29, 0.717) is 11.6 Å². The summed E-state index contributed by atoms with van der Waals surface area (Å²) in [5.74, 6) is 0.257. The van der Waals surface area contributed by atoms with Crippen LogP contribution in [-0.4, -0.2) is 25.5 Å². The Bertz CT molecular complexity index is 383. The van der Waals surface area contributed by atoms with Gasteiger partial charge in [0.05, 0.1) is 6.61 Å². The van der Waals surface area contributed by atoms with Gasteiger partial charge in [-0.1, -0.05) is 0 Å². The maximum atomic E-state index is 11.6. The predicted octanol–water partition coefficient (Wildman–Crippen LogP) is 1.50. The second-order valence-corrected chi connectivity index (χ2v) is 3.32. The summed E-state index contributed by atoms with van der Waals surface area (Å²) in [6, 6.07) is 3.43. The third-order valence-corrected chi connectivity index (χ3v) is 2.03. The standard InChI is InChI=1S/C11H15NO4/c1-4-15-11(14)7-9(13)12(3)10-6-5-8(2)16-10/h5-6H,4,7H2,1-3H3. The first-order valence-corrected chi connectivity index (χ1v) is 5.03. The van der Waals surface area contributed by atoms with E-state index in [-0.39, 0.29) is 18.9 Å². The molecule has 0 radical (unpaired) electrons. The fraction of sp³-hybridized carbons (Fsp3) is 0.455. The van der Waals surface area contributed by atoms with Crippen LogP contribution >= 0.6 is 0 Å². The van der Waals surface area contributed by atoms with E-state index in [4.69, 9.17) is 4.42 Å². The summed E-state index contributed by atoms with van der Waals surface area (Å²) >= 11 is 0. The zero-order valence-electron chi connectivity index (χ0n) is 9.65. The van der Waals surface area contributed by atoms with Crippen LogP contribution in [0.2, 0.25) is 0 Å². The molecule has 5 heteroatoms. The highest BCUT2D eigenvalue weighted by Gasteiger charge is 2.17. The first-order chi connectivity index (χ1) is 7.54. The number of carbonyl (C=O) groups excluding carboxylic acids is 2. The molecule has 88 valence electrons. The fourth-order valence-electron chi connectivity index (χ4n) is 1.18. The van der Waals surface area contributed by atoms with Crippen LogP contribution in [0.1, 0.15) is 19.1 Å². The van der Waals surface area contributed by atoms with Crippen molar-refractivity contribution in [3.05, 3.63) is 17.9 Å². The Kier molecular flexibility index (Phi) is 4.10. The number of carbonyl (C=O) groups is 2. The molecule has 0 saturated carbocycles. The second-order valence-electron chi connectivity index (χ2n) is 3.32. The van der Waals surface area contributed by atoms with Crippen LogP contribution in [0.25, 0.3) is 0 Å². The van der Waals surface area contributed by atoms with E-state index in [2.05, 4.69) is 4.74 Å². The molecule has 1 rings (SSSR count). The molecular weight excluding hydrogens is 210 g/mol. The molecule has 0 bridgehead atoms. The van der Waals surface area contributed by atoms with Gasteiger partial charge in [0.25, 0.3) is 0 Å². The minimum atomic E-state index is -0.525. The van der Waals surface area contributed by atoms with E-state index >= 15 is 0 Å². The lowest BCUT2D eigenvalue weighted by atomic mass is 10.4. The summed E-state index contributed by atoms with van der Waals surface area (Å²) in [5.41, 5.74) is 0. The van der Waals surface area contributed by atoms with Crippen molar-refractivity contribution in [3.63, 3.8) is 0 Å². The summed E-state index contributed by atoms with van der Waals surface area (Å²) < 4.78 is 9.95. The molecule has 1 amide bonds. The van der Waals surface area contributed by atoms with E-state index in [1.54, 1.807) is 33.0 Å². The average molecular weight is 225 g/mol. The minimum Gasteiger partial charge on any atom is -0.466 e. The van der Waals surface area contributed by atoms with Crippen molar-refractivity contribution in [1.82, 2.24) is 0 Å². The Hall–Kier alpha value is -1.78. The van der Waals surface area contributed by atoms with Gasteiger partial charge >= 0.3 is 5.97 Å². The lowest BCUT2D eigenvalue weighted by molar-refractivity contribution is -0.145. The summed E-state index contributed by atoms with van der Waals surface area (Å²) in [4.78, 5) is 24.0. The Morgan fingerprint density at radius 3 is 2.62 bits per heavy atom. The Balaban J connectivity index is 2.57. The van der Waals surface area contributed by atoms with Crippen LogP contribution in [0.15, 0.2) is 16.5 Å². The maximum absolute atomic E-state index is 11.6. The topological polar surface area (TPSA) is 59.8 Å². The number of rotatable bonds is 4. The van der Waals surface area contributed by atoms with Crippen LogP contribution < -0.4 is 4.90 Å². The van der Waals surface area contributed by atoms with E-state index in [0.717, 1.165) is 0 Å². The molecule has 16 heavy (non-hydrogen) atoms. The van der Waals surface area contributed by atoms with Gasteiger partial charge in [0.2, 0.25) is 11.8 Å². The van der Waals surface area contributed by atoms with Crippen LogP contribution in [0.3, 0.4) is 0 Å². The zero-order valence-corrected chi connectivity index (χ0v) is 9.65. The zero-order chi connectivity index (χ0) is 12.1. The number of anilines is 1. The number of nitrogens with zero attached hydrogens (tertiary/aromatic N) is 1. The first-order valence-electron chi connectivity index (χ1n) is 5.03. The first kappa shape index (κ1) is 12.3. The number of ether oxygens (including phenoxy) is 1. The summed E-state index contributed by atoms with van der Waals surface area (Å²) in [6.07, 6.45) is -0.274. The van der Waals surface area contributed by atoms with Gasteiger partial charge in [-0.05, 0) is 19.9 Å². The van der Waals surface area contributed by atoms with Crippen LogP contribution in [0.4, 0.5) is 5.88 Å². The smallest absolute Gasteiger partial charge is 0.315 e. The van der Waals surface area contributed by atoms with Gasteiger partial charge in [-0.15, -0.1) is 0 Å².